The summed E-state index contributed by atoms with van der Waals surface area (Å²) >= 11 is 7.30. The number of carbonyl (C=O) groups is 2. The summed E-state index contributed by atoms with van der Waals surface area (Å²) in [6.45, 7) is 1.85. The van der Waals surface area contributed by atoms with E-state index in [0.29, 0.717) is 15.7 Å². The zero-order chi connectivity index (χ0) is 18.7. The monoisotopic (exact) mass is 389 g/mol. The van der Waals surface area contributed by atoms with Crippen molar-refractivity contribution in [2.24, 2.45) is 0 Å². The van der Waals surface area contributed by atoms with Gasteiger partial charge >= 0.3 is 0 Å². The van der Waals surface area contributed by atoms with Crippen molar-refractivity contribution in [3.05, 3.63) is 39.4 Å². The Hall–Kier alpha value is -1.97. The number of amides is 2. The minimum Gasteiger partial charge on any atom is -0.349 e. The van der Waals surface area contributed by atoms with Gasteiger partial charge in [0.05, 0.1) is 5.75 Å². The SMILES string of the molecule is Cc1cc(N2C(=O)CS/C2=C(\C#N)C(=O)NC2CCCCC2)ccc1Cl. The molecule has 5 nitrogen and oxygen atoms in total. The summed E-state index contributed by atoms with van der Waals surface area (Å²) in [5.41, 5.74) is 1.45. The highest BCUT2D eigenvalue weighted by Crippen LogP contribution is 2.37. The first kappa shape index (κ1) is 18.8. The van der Waals surface area contributed by atoms with Crippen molar-refractivity contribution in [3.8, 4) is 6.07 Å². The largest absolute Gasteiger partial charge is 0.349 e. The van der Waals surface area contributed by atoms with Crippen LogP contribution in [0.5, 0.6) is 0 Å². The summed E-state index contributed by atoms with van der Waals surface area (Å²) in [6.07, 6.45) is 5.24. The predicted molar refractivity (Wildman–Crippen MR) is 104 cm³/mol. The number of hydrogen-bond donors (Lipinski definition) is 1. The van der Waals surface area contributed by atoms with Gasteiger partial charge in [0, 0.05) is 16.8 Å². The predicted octanol–water partition coefficient (Wildman–Crippen LogP) is 3.91. The minimum absolute atomic E-state index is 0.000901. The Balaban J connectivity index is 1.91. The molecule has 1 aromatic carbocycles. The number of nitrogens with zero attached hydrogens (tertiary/aromatic N) is 2. The fourth-order valence-electron chi connectivity index (χ4n) is 3.29. The van der Waals surface area contributed by atoms with Crippen LogP contribution in [0.1, 0.15) is 37.7 Å². The van der Waals surface area contributed by atoms with E-state index < -0.39 is 5.91 Å². The first-order valence-corrected chi connectivity index (χ1v) is 10.0. The van der Waals surface area contributed by atoms with E-state index >= 15 is 0 Å². The Morgan fingerprint density at radius 2 is 2.08 bits per heavy atom. The molecule has 7 heteroatoms. The molecule has 0 atom stereocenters. The maximum absolute atomic E-state index is 12.7. The van der Waals surface area contributed by atoms with Crippen molar-refractivity contribution in [2.45, 2.75) is 45.1 Å². The van der Waals surface area contributed by atoms with Crippen LogP contribution in [0.15, 0.2) is 28.8 Å². The summed E-state index contributed by atoms with van der Waals surface area (Å²) in [7, 11) is 0. The number of anilines is 1. The molecule has 1 N–H and O–H groups in total. The van der Waals surface area contributed by atoms with Crippen LogP contribution in [0.4, 0.5) is 5.69 Å². The number of benzene rings is 1. The van der Waals surface area contributed by atoms with Crippen LogP contribution in [-0.2, 0) is 9.59 Å². The fourth-order valence-corrected chi connectivity index (χ4v) is 4.41. The molecule has 1 aromatic rings. The molecule has 0 spiro atoms. The van der Waals surface area contributed by atoms with Gasteiger partial charge in [0.1, 0.15) is 16.7 Å². The van der Waals surface area contributed by atoms with E-state index in [1.165, 1.54) is 23.1 Å². The van der Waals surface area contributed by atoms with Gasteiger partial charge in [0.2, 0.25) is 5.91 Å². The van der Waals surface area contributed by atoms with E-state index in [9.17, 15) is 14.9 Å². The summed E-state index contributed by atoms with van der Waals surface area (Å²) < 4.78 is 0. The lowest BCUT2D eigenvalue weighted by molar-refractivity contribution is -0.118. The van der Waals surface area contributed by atoms with Gasteiger partial charge in [-0.05, 0) is 43.5 Å². The molecule has 1 saturated carbocycles. The zero-order valence-corrected chi connectivity index (χ0v) is 16.1. The highest BCUT2D eigenvalue weighted by atomic mass is 35.5. The summed E-state index contributed by atoms with van der Waals surface area (Å²) in [4.78, 5) is 26.5. The molecule has 2 amide bonds. The molecule has 2 fully saturated rings. The van der Waals surface area contributed by atoms with E-state index in [0.717, 1.165) is 31.2 Å². The normalized spacial score (nSPS) is 20.0. The third-order valence-corrected chi connectivity index (χ3v) is 6.15. The van der Waals surface area contributed by atoms with E-state index in [-0.39, 0.29) is 23.3 Å². The molecule has 1 saturated heterocycles. The lowest BCUT2D eigenvalue weighted by Crippen LogP contribution is -2.38. The van der Waals surface area contributed by atoms with Crippen LogP contribution >= 0.6 is 23.4 Å². The molecular weight excluding hydrogens is 370 g/mol. The van der Waals surface area contributed by atoms with Crippen LogP contribution in [0, 0.1) is 18.3 Å². The van der Waals surface area contributed by atoms with Crippen molar-refractivity contribution in [3.63, 3.8) is 0 Å². The standard InChI is InChI=1S/C19H20ClN3O2S/c1-12-9-14(7-8-16(12)20)23-17(24)11-26-19(23)15(10-21)18(25)22-13-5-3-2-4-6-13/h7-9,13H,2-6,11H2,1H3,(H,22,25)/b19-15+. The van der Waals surface area contributed by atoms with Gasteiger partial charge in [-0.2, -0.15) is 5.26 Å². The van der Waals surface area contributed by atoms with Gasteiger partial charge in [-0.25, -0.2) is 0 Å². The number of nitriles is 1. The number of nitrogens with one attached hydrogen (secondary N) is 1. The Kier molecular flexibility index (Phi) is 5.90. The molecule has 1 aliphatic carbocycles. The molecular formula is C19H20ClN3O2S. The van der Waals surface area contributed by atoms with Crippen molar-refractivity contribution < 1.29 is 9.59 Å². The Labute approximate surface area is 162 Å². The third-order valence-electron chi connectivity index (χ3n) is 4.68. The van der Waals surface area contributed by atoms with Crippen LogP contribution in [0.25, 0.3) is 0 Å². The molecule has 3 rings (SSSR count). The topological polar surface area (TPSA) is 73.2 Å². The quantitative estimate of drug-likeness (QED) is 0.628. The number of halogens is 1. The molecule has 26 heavy (non-hydrogen) atoms. The maximum atomic E-state index is 12.7. The van der Waals surface area contributed by atoms with Crippen LogP contribution < -0.4 is 10.2 Å². The van der Waals surface area contributed by atoms with Gasteiger partial charge < -0.3 is 5.32 Å². The highest BCUT2D eigenvalue weighted by molar-refractivity contribution is 8.04. The van der Waals surface area contributed by atoms with E-state index in [4.69, 9.17) is 11.6 Å². The second kappa shape index (κ2) is 8.15. The summed E-state index contributed by atoms with van der Waals surface area (Å²) in [5, 5.41) is 13.6. The summed E-state index contributed by atoms with van der Waals surface area (Å²) in [5.74, 6) is -0.337. The maximum Gasteiger partial charge on any atom is 0.264 e. The average Bonchev–Trinajstić information content (AvgIpc) is 3.00. The van der Waals surface area contributed by atoms with Crippen molar-refractivity contribution >= 4 is 40.9 Å². The van der Waals surface area contributed by atoms with Gasteiger partial charge in [-0.15, -0.1) is 0 Å². The highest BCUT2D eigenvalue weighted by Gasteiger charge is 2.33. The van der Waals surface area contributed by atoms with Gasteiger partial charge in [0.15, 0.2) is 0 Å². The number of rotatable bonds is 3. The molecule has 0 aromatic heterocycles. The minimum atomic E-state index is -0.396. The fraction of sp³-hybridized carbons (Fsp3) is 0.421. The first-order valence-electron chi connectivity index (χ1n) is 8.68. The van der Waals surface area contributed by atoms with E-state index in [1.807, 2.05) is 13.0 Å². The first-order chi connectivity index (χ1) is 12.5. The molecule has 1 heterocycles. The van der Waals surface area contributed by atoms with E-state index in [1.54, 1.807) is 18.2 Å². The van der Waals surface area contributed by atoms with Gasteiger partial charge in [0.25, 0.3) is 5.91 Å². The van der Waals surface area contributed by atoms with Crippen molar-refractivity contribution in [1.29, 1.82) is 5.26 Å². The second-order valence-electron chi connectivity index (χ2n) is 6.55. The molecule has 1 aliphatic heterocycles. The molecule has 0 bridgehead atoms. The zero-order valence-electron chi connectivity index (χ0n) is 14.5. The van der Waals surface area contributed by atoms with Gasteiger partial charge in [-0.1, -0.05) is 42.6 Å². The van der Waals surface area contributed by atoms with Crippen molar-refractivity contribution in [1.82, 2.24) is 5.32 Å². The van der Waals surface area contributed by atoms with Crippen LogP contribution in [-0.4, -0.2) is 23.6 Å². The Morgan fingerprint density at radius 1 is 1.35 bits per heavy atom. The number of aryl methyl sites for hydroxylation is 1. The molecule has 2 aliphatic rings. The number of hydrogen-bond acceptors (Lipinski definition) is 4. The van der Waals surface area contributed by atoms with Crippen LogP contribution in [0.3, 0.4) is 0 Å². The van der Waals surface area contributed by atoms with Gasteiger partial charge in [-0.3, -0.25) is 14.5 Å². The van der Waals surface area contributed by atoms with E-state index in [2.05, 4.69) is 5.32 Å². The molecule has 0 unspecified atom stereocenters. The number of carbonyl (C=O) groups excluding carboxylic acids is 2. The molecule has 0 radical (unpaired) electrons. The summed E-state index contributed by atoms with van der Waals surface area (Å²) in [6, 6.07) is 7.35. The Morgan fingerprint density at radius 3 is 2.73 bits per heavy atom. The molecule has 136 valence electrons. The lowest BCUT2D eigenvalue weighted by Gasteiger charge is -2.23. The third kappa shape index (κ3) is 3.89. The van der Waals surface area contributed by atoms with Crippen molar-refractivity contribution in [2.75, 3.05) is 10.7 Å². The smallest absolute Gasteiger partial charge is 0.264 e. The second-order valence-corrected chi connectivity index (χ2v) is 7.92. The Bertz CT molecular complexity index is 809. The van der Waals surface area contributed by atoms with Crippen LogP contribution in [0.2, 0.25) is 5.02 Å². The number of thioether (sulfide) groups is 1. The average molecular weight is 390 g/mol. The lowest BCUT2D eigenvalue weighted by atomic mass is 9.95.